The largest absolute Gasteiger partial charge is 0.444 e. The lowest BCUT2D eigenvalue weighted by molar-refractivity contribution is 0.0635. The van der Waals surface area contributed by atoms with Crippen LogP contribution >= 0.6 is 0 Å². The first-order valence-electron chi connectivity index (χ1n) is 8.62. The normalized spacial score (nSPS) is 16.5. The summed E-state index contributed by atoms with van der Waals surface area (Å²) in [6, 6.07) is 3.73. The Morgan fingerprint density at radius 3 is 2.48 bits per heavy atom. The van der Waals surface area contributed by atoms with E-state index in [0.29, 0.717) is 5.82 Å². The molecule has 2 N–H and O–H groups in total. The summed E-state index contributed by atoms with van der Waals surface area (Å²) in [6.07, 6.45) is 9.36. The van der Waals surface area contributed by atoms with Crippen LogP contribution in [0.5, 0.6) is 0 Å². The van der Waals surface area contributed by atoms with Crippen LogP contribution in [0.3, 0.4) is 0 Å². The molecule has 1 amide bonds. The molecule has 5 nitrogen and oxygen atoms in total. The van der Waals surface area contributed by atoms with Gasteiger partial charge in [-0.25, -0.2) is 9.78 Å². The second-order valence-corrected chi connectivity index (χ2v) is 7.30. The van der Waals surface area contributed by atoms with Crippen molar-refractivity contribution in [3.63, 3.8) is 0 Å². The average Bonchev–Trinajstić information content (AvgIpc) is 2.73. The van der Waals surface area contributed by atoms with Gasteiger partial charge in [0.2, 0.25) is 0 Å². The lowest BCUT2D eigenvalue weighted by atomic mass is 10.0. The van der Waals surface area contributed by atoms with Crippen LogP contribution in [0.4, 0.5) is 16.3 Å². The van der Waals surface area contributed by atoms with Crippen molar-refractivity contribution in [2.24, 2.45) is 5.92 Å². The number of pyridine rings is 1. The van der Waals surface area contributed by atoms with Crippen molar-refractivity contribution in [1.82, 2.24) is 4.98 Å². The predicted molar refractivity (Wildman–Crippen MR) is 93.8 cm³/mol. The Kier molecular flexibility index (Phi) is 6.25. The molecule has 0 saturated heterocycles. The van der Waals surface area contributed by atoms with E-state index >= 15 is 0 Å². The van der Waals surface area contributed by atoms with Crippen molar-refractivity contribution in [3.05, 3.63) is 18.3 Å². The summed E-state index contributed by atoms with van der Waals surface area (Å²) in [7, 11) is 0. The fourth-order valence-corrected chi connectivity index (χ4v) is 2.81. The zero-order valence-corrected chi connectivity index (χ0v) is 14.5. The fourth-order valence-electron chi connectivity index (χ4n) is 2.81. The molecule has 0 radical (unpaired) electrons. The van der Waals surface area contributed by atoms with Crippen LogP contribution in [0.25, 0.3) is 0 Å². The molecule has 1 aliphatic rings. The summed E-state index contributed by atoms with van der Waals surface area (Å²) in [6.45, 7) is 6.50. The highest BCUT2D eigenvalue weighted by Crippen LogP contribution is 2.23. The smallest absolute Gasteiger partial charge is 0.413 e. The highest BCUT2D eigenvalue weighted by molar-refractivity contribution is 5.83. The first-order chi connectivity index (χ1) is 10.9. The van der Waals surface area contributed by atoms with Gasteiger partial charge in [-0.15, -0.1) is 0 Å². The van der Waals surface area contributed by atoms with Gasteiger partial charge >= 0.3 is 6.09 Å². The summed E-state index contributed by atoms with van der Waals surface area (Å²) in [5.74, 6) is 1.26. The monoisotopic (exact) mass is 319 g/mol. The third-order valence-corrected chi connectivity index (χ3v) is 3.96. The lowest BCUT2D eigenvalue weighted by Crippen LogP contribution is -2.27. The van der Waals surface area contributed by atoms with E-state index in [0.717, 1.165) is 18.2 Å². The molecule has 0 aliphatic heterocycles. The highest BCUT2D eigenvalue weighted by Gasteiger charge is 2.16. The van der Waals surface area contributed by atoms with Gasteiger partial charge in [-0.3, -0.25) is 5.32 Å². The molecular weight excluding hydrogens is 290 g/mol. The minimum absolute atomic E-state index is 0.482. The molecule has 23 heavy (non-hydrogen) atoms. The Labute approximate surface area is 139 Å². The van der Waals surface area contributed by atoms with Gasteiger partial charge in [0.1, 0.15) is 11.4 Å². The van der Waals surface area contributed by atoms with Crippen LogP contribution in [-0.4, -0.2) is 23.2 Å². The van der Waals surface area contributed by atoms with E-state index in [1.165, 1.54) is 38.5 Å². The van der Waals surface area contributed by atoms with E-state index < -0.39 is 11.7 Å². The van der Waals surface area contributed by atoms with Crippen molar-refractivity contribution in [2.45, 2.75) is 64.9 Å². The molecule has 2 rings (SSSR count). The number of ether oxygens (including phenoxy) is 1. The van der Waals surface area contributed by atoms with Gasteiger partial charge in [0, 0.05) is 6.54 Å². The molecule has 128 valence electrons. The summed E-state index contributed by atoms with van der Waals surface area (Å²) < 4.78 is 5.20. The van der Waals surface area contributed by atoms with E-state index in [9.17, 15) is 4.79 Å². The summed E-state index contributed by atoms with van der Waals surface area (Å²) in [5.41, 5.74) is 0.480. The number of hydrogen-bond acceptors (Lipinski definition) is 4. The molecule has 1 heterocycles. The zero-order valence-electron chi connectivity index (χ0n) is 14.5. The number of nitrogens with zero attached hydrogens (tertiary/aromatic N) is 1. The molecule has 1 aliphatic carbocycles. The van der Waals surface area contributed by atoms with Crippen molar-refractivity contribution >= 4 is 17.6 Å². The third kappa shape index (κ3) is 6.89. The Bertz CT molecular complexity index is 486. The molecule has 1 aromatic heterocycles. The second kappa shape index (κ2) is 8.18. The molecule has 0 aromatic carbocycles. The summed E-state index contributed by atoms with van der Waals surface area (Å²) in [4.78, 5) is 15.9. The zero-order chi connectivity index (χ0) is 16.7. The molecule has 1 saturated carbocycles. The molecule has 1 aromatic rings. The number of hydrogen-bond donors (Lipinski definition) is 2. The van der Waals surface area contributed by atoms with Crippen molar-refractivity contribution < 1.29 is 9.53 Å². The predicted octanol–water partition coefficient (Wildman–Crippen LogP) is 4.81. The number of anilines is 2. The first kappa shape index (κ1) is 17.6. The van der Waals surface area contributed by atoms with E-state index in [2.05, 4.69) is 15.6 Å². The van der Waals surface area contributed by atoms with Crippen molar-refractivity contribution in [1.29, 1.82) is 0 Å². The SMILES string of the molecule is CC(C)(C)OC(=O)Nc1ccc(NCC2CCCCCC2)cn1. The fraction of sp³-hybridized carbons (Fsp3) is 0.667. The van der Waals surface area contributed by atoms with E-state index in [1.54, 1.807) is 12.3 Å². The van der Waals surface area contributed by atoms with Crippen LogP contribution in [0.1, 0.15) is 59.3 Å². The maximum Gasteiger partial charge on any atom is 0.413 e. The Morgan fingerprint density at radius 1 is 1.22 bits per heavy atom. The van der Waals surface area contributed by atoms with Gasteiger partial charge in [0.25, 0.3) is 0 Å². The van der Waals surface area contributed by atoms with Crippen LogP contribution in [0.2, 0.25) is 0 Å². The summed E-state index contributed by atoms with van der Waals surface area (Å²) in [5, 5.41) is 6.09. The third-order valence-electron chi connectivity index (χ3n) is 3.96. The Balaban J connectivity index is 1.78. The average molecular weight is 319 g/mol. The standard InChI is InChI=1S/C18H29N3O2/c1-18(2,3)23-17(22)21-16-11-10-15(13-20-16)19-12-14-8-6-4-5-7-9-14/h10-11,13-14,19H,4-9,12H2,1-3H3,(H,20,21,22). The number of rotatable bonds is 4. The number of aromatic nitrogens is 1. The lowest BCUT2D eigenvalue weighted by Gasteiger charge is -2.19. The van der Waals surface area contributed by atoms with Gasteiger partial charge in [-0.1, -0.05) is 25.7 Å². The second-order valence-electron chi connectivity index (χ2n) is 7.30. The van der Waals surface area contributed by atoms with Crippen molar-refractivity contribution in [3.8, 4) is 0 Å². The topological polar surface area (TPSA) is 63.2 Å². The van der Waals surface area contributed by atoms with Crippen LogP contribution in [0, 0.1) is 5.92 Å². The van der Waals surface area contributed by atoms with Gasteiger partial charge in [-0.05, 0) is 51.7 Å². The highest BCUT2D eigenvalue weighted by atomic mass is 16.6. The Morgan fingerprint density at radius 2 is 1.91 bits per heavy atom. The molecule has 0 unspecified atom stereocenters. The molecular formula is C18H29N3O2. The minimum Gasteiger partial charge on any atom is -0.444 e. The van der Waals surface area contributed by atoms with Crippen LogP contribution in [0.15, 0.2) is 18.3 Å². The number of amides is 1. The molecule has 1 fully saturated rings. The Hall–Kier alpha value is -1.78. The van der Waals surface area contributed by atoms with Gasteiger partial charge < -0.3 is 10.1 Å². The number of carbonyl (C=O) groups is 1. The van der Waals surface area contributed by atoms with Gasteiger partial charge in [0.15, 0.2) is 0 Å². The molecule has 0 atom stereocenters. The molecule has 5 heteroatoms. The maximum absolute atomic E-state index is 11.7. The maximum atomic E-state index is 11.7. The van der Waals surface area contributed by atoms with Crippen LogP contribution < -0.4 is 10.6 Å². The molecule has 0 spiro atoms. The minimum atomic E-state index is -0.510. The first-order valence-corrected chi connectivity index (χ1v) is 8.62. The quantitative estimate of drug-likeness (QED) is 0.782. The van der Waals surface area contributed by atoms with Gasteiger partial charge in [-0.2, -0.15) is 0 Å². The van der Waals surface area contributed by atoms with E-state index in [-0.39, 0.29) is 0 Å². The van der Waals surface area contributed by atoms with Crippen LogP contribution in [-0.2, 0) is 4.74 Å². The molecule has 0 bridgehead atoms. The number of nitrogens with one attached hydrogen (secondary N) is 2. The van der Waals surface area contributed by atoms with E-state index in [1.807, 2.05) is 26.8 Å². The number of carbonyl (C=O) groups excluding carboxylic acids is 1. The van der Waals surface area contributed by atoms with E-state index in [4.69, 9.17) is 4.74 Å². The van der Waals surface area contributed by atoms with Crippen molar-refractivity contribution in [2.75, 3.05) is 17.2 Å². The van der Waals surface area contributed by atoms with Gasteiger partial charge in [0.05, 0.1) is 11.9 Å². The summed E-state index contributed by atoms with van der Waals surface area (Å²) >= 11 is 0.